The van der Waals surface area contributed by atoms with Gasteiger partial charge in [-0.05, 0) is 50.4 Å². The lowest BCUT2D eigenvalue weighted by atomic mass is 9.90. The molecule has 0 aromatic heterocycles. The summed E-state index contributed by atoms with van der Waals surface area (Å²) in [5, 5.41) is 6.17. The van der Waals surface area contributed by atoms with Crippen LogP contribution in [0.1, 0.15) is 31.7 Å². The molecule has 0 aliphatic rings. The normalized spacial score (nSPS) is 15.6. The smallest absolute Gasteiger partial charge is 0.0945 e. The minimum Gasteiger partial charge on any atom is -0.330 e. The highest BCUT2D eigenvalue weighted by molar-refractivity contribution is 7.84. The molecule has 17 heavy (non-hydrogen) atoms. The Balaban J connectivity index is 2.90. The average molecular weight is 275 g/mol. The van der Waals surface area contributed by atoms with Crippen molar-refractivity contribution >= 4 is 22.6 Å². The molecule has 0 saturated carbocycles. The second-order valence-corrected chi connectivity index (χ2v) is 6.89. The fourth-order valence-corrected chi connectivity index (χ4v) is 2.34. The topological polar surface area (TPSA) is 69.1 Å². The van der Waals surface area contributed by atoms with E-state index in [4.69, 9.17) is 22.5 Å². The van der Waals surface area contributed by atoms with Crippen LogP contribution in [0.4, 0.5) is 0 Å². The van der Waals surface area contributed by atoms with E-state index in [2.05, 4.69) is 0 Å². The van der Waals surface area contributed by atoms with Gasteiger partial charge >= 0.3 is 0 Å². The van der Waals surface area contributed by atoms with Crippen LogP contribution in [0.15, 0.2) is 24.3 Å². The molecule has 0 aliphatic carbocycles. The molecule has 0 amide bonds. The number of hydrogen-bond acceptors (Lipinski definition) is 2. The van der Waals surface area contributed by atoms with Crippen LogP contribution < -0.4 is 10.9 Å². The Labute approximate surface area is 110 Å². The molecule has 0 saturated heterocycles. The summed E-state index contributed by atoms with van der Waals surface area (Å²) in [7, 11) is -1.37. The van der Waals surface area contributed by atoms with Gasteiger partial charge < -0.3 is 5.73 Å². The van der Waals surface area contributed by atoms with Gasteiger partial charge in [-0.15, -0.1) is 0 Å². The van der Waals surface area contributed by atoms with E-state index >= 15 is 0 Å². The Bertz CT molecular complexity index is 409. The van der Waals surface area contributed by atoms with Gasteiger partial charge in [-0.1, -0.05) is 23.7 Å². The molecule has 0 radical (unpaired) electrons. The van der Waals surface area contributed by atoms with Crippen molar-refractivity contribution < 1.29 is 4.21 Å². The largest absolute Gasteiger partial charge is 0.330 e. The first-order chi connectivity index (χ1) is 7.86. The number of rotatable bonds is 5. The van der Waals surface area contributed by atoms with Crippen LogP contribution in [0.25, 0.3) is 0 Å². The quantitative estimate of drug-likeness (QED) is 0.864. The first-order valence-corrected chi connectivity index (χ1v) is 7.07. The van der Waals surface area contributed by atoms with E-state index < -0.39 is 15.7 Å². The zero-order chi connectivity index (χ0) is 13.1. The van der Waals surface area contributed by atoms with Crippen molar-refractivity contribution in [3.8, 4) is 0 Å². The molecular weight excluding hydrogens is 256 g/mol. The van der Waals surface area contributed by atoms with Crippen LogP contribution in [0.2, 0.25) is 5.02 Å². The maximum absolute atomic E-state index is 11.4. The third-order valence-electron chi connectivity index (χ3n) is 2.89. The van der Waals surface area contributed by atoms with Crippen LogP contribution in [0.3, 0.4) is 0 Å². The average Bonchev–Trinajstić information content (AvgIpc) is 2.25. The molecule has 96 valence electrons. The number of halogens is 1. The first-order valence-electron chi connectivity index (χ1n) is 5.48. The van der Waals surface area contributed by atoms with E-state index in [1.807, 2.05) is 38.1 Å². The van der Waals surface area contributed by atoms with Crippen molar-refractivity contribution in [2.45, 2.75) is 30.9 Å². The minimum atomic E-state index is -1.37. The summed E-state index contributed by atoms with van der Waals surface area (Å²) in [5.74, 6) is 0.121. The summed E-state index contributed by atoms with van der Waals surface area (Å²) in [6, 6.07) is 7.60. The molecule has 1 rings (SSSR count). The highest BCUT2D eigenvalue weighted by Crippen LogP contribution is 2.29. The Morgan fingerprint density at radius 1 is 1.47 bits per heavy atom. The summed E-state index contributed by atoms with van der Waals surface area (Å²) in [6.45, 7) is 4.26. The second-order valence-electron chi connectivity index (χ2n) is 4.75. The Morgan fingerprint density at radius 3 is 2.59 bits per heavy atom. The van der Waals surface area contributed by atoms with E-state index in [-0.39, 0.29) is 5.92 Å². The third kappa shape index (κ3) is 4.07. The van der Waals surface area contributed by atoms with Crippen molar-refractivity contribution in [1.29, 1.82) is 0 Å². The van der Waals surface area contributed by atoms with Crippen LogP contribution in [-0.2, 0) is 11.0 Å². The van der Waals surface area contributed by atoms with Gasteiger partial charge in [0.1, 0.15) is 0 Å². The summed E-state index contributed by atoms with van der Waals surface area (Å²) < 4.78 is 11.0. The number of nitrogens with two attached hydrogens (primary N) is 2. The number of hydrogen-bond donors (Lipinski definition) is 2. The fourth-order valence-electron chi connectivity index (χ4n) is 1.77. The Kier molecular flexibility index (Phi) is 5.13. The van der Waals surface area contributed by atoms with Gasteiger partial charge in [0.15, 0.2) is 0 Å². The monoisotopic (exact) mass is 274 g/mol. The lowest BCUT2D eigenvalue weighted by molar-refractivity contribution is 0.522. The van der Waals surface area contributed by atoms with Crippen molar-refractivity contribution in [3.63, 3.8) is 0 Å². The molecule has 0 heterocycles. The van der Waals surface area contributed by atoms with E-state index in [9.17, 15) is 4.21 Å². The highest BCUT2D eigenvalue weighted by Gasteiger charge is 2.28. The van der Waals surface area contributed by atoms with Crippen LogP contribution in [0.5, 0.6) is 0 Å². The lowest BCUT2D eigenvalue weighted by Crippen LogP contribution is -2.35. The van der Waals surface area contributed by atoms with E-state index in [1.54, 1.807) is 0 Å². The minimum absolute atomic E-state index is 0.121. The van der Waals surface area contributed by atoms with Gasteiger partial charge in [0.05, 0.1) is 15.7 Å². The van der Waals surface area contributed by atoms with Crippen molar-refractivity contribution in [3.05, 3.63) is 34.9 Å². The van der Waals surface area contributed by atoms with Gasteiger partial charge in [-0.2, -0.15) is 0 Å². The summed E-state index contributed by atoms with van der Waals surface area (Å²) in [6.07, 6.45) is 0.674. The van der Waals surface area contributed by atoms with Gasteiger partial charge in [-0.25, -0.2) is 4.21 Å². The zero-order valence-electron chi connectivity index (χ0n) is 10.2. The molecule has 0 aliphatic heterocycles. The standard InChI is InChI=1S/C12H19ClN2OS/c1-12(2,17(15)16)7-10(8-14)9-4-3-5-11(13)6-9/h3-6,10H,7-8,14-15H2,1-2H3/t10-,17?/m1/s1. The molecule has 1 aromatic rings. The predicted octanol–water partition coefficient (Wildman–Crippen LogP) is 2.17. The molecule has 2 atom stereocenters. The zero-order valence-corrected chi connectivity index (χ0v) is 11.7. The molecule has 0 spiro atoms. The maximum atomic E-state index is 11.4. The molecule has 0 fully saturated rings. The van der Waals surface area contributed by atoms with E-state index in [0.29, 0.717) is 18.0 Å². The van der Waals surface area contributed by atoms with Crippen LogP contribution in [-0.4, -0.2) is 15.5 Å². The van der Waals surface area contributed by atoms with Crippen molar-refractivity contribution in [2.75, 3.05) is 6.54 Å². The summed E-state index contributed by atoms with van der Waals surface area (Å²) in [4.78, 5) is 0. The molecule has 5 heteroatoms. The van der Waals surface area contributed by atoms with Gasteiger partial charge in [0.25, 0.3) is 0 Å². The second kappa shape index (κ2) is 5.96. The molecule has 1 aromatic carbocycles. The third-order valence-corrected chi connectivity index (χ3v) is 4.38. The molecular formula is C12H19ClN2OS. The number of benzene rings is 1. The maximum Gasteiger partial charge on any atom is 0.0945 e. The predicted molar refractivity (Wildman–Crippen MR) is 74.3 cm³/mol. The van der Waals surface area contributed by atoms with Gasteiger partial charge in [-0.3, -0.25) is 5.14 Å². The van der Waals surface area contributed by atoms with Crippen LogP contribution >= 0.6 is 11.6 Å². The van der Waals surface area contributed by atoms with Crippen molar-refractivity contribution in [1.82, 2.24) is 0 Å². The summed E-state index contributed by atoms with van der Waals surface area (Å²) >= 11 is 5.95. The fraction of sp³-hybridized carbons (Fsp3) is 0.500. The summed E-state index contributed by atoms with van der Waals surface area (Å²) in [5.41, 5.74) is 6.85. The molecule has 1 unspecified atom stereocenters. The highest BCUT2D eigenvalue weighted by atomic mass is 35.5. The van der Waals surface area contributed by atoms with E-state index in [0.717, 1.165) is 5.56 Å². The first kappa shape index (κ1) is 14.6. The molecule has 3 nitrogen and oxygen atoms in total. The van der Waals surface area contributed by atoms with Crippen LogP contribution in [0, 0.1) is 0 Å². The van der Waals surface area contributed by atoms with Gasteiger partial charge in [0, 0.05) is 5.02 Å². The molecule has 0 bridgehead atoms. The Hall–Kier alpha value is -0.420. The van der Waals surface area contributed by atoms with E-state index in [1.165, 1.54) is 0 Å². The Morgan fingerprint density at radius 2 is 2.12 bits per heavy atom. The van der Waals surface area contributed by atoms with Crippen molar-refractivity contribution in [2.24, 2.45) is 10.9 Å². The molecule has 4 N–H and O–H groups in total. The SMILES string of the molecule is CC(C)(C[C@H](CN)c1cccc(Cl)c1)S(N)=O. The lowest BCUT2D eigenvalue weighted by Gasteiger charge is -2.27. The van der Waals surface area contributed by atoms with Gasteiger partial charge in [0.2, 0.25) is 0 Å².